The van der Waals surface area contributed by atoms with Gasteiger partial charge in [-0.3, -0.25) is 0 Å². The lowest BCUT2D eigenvalue weighted by atomic mass is 9.97. The number of hydrogen-bond acceptors (Lipinski definition) is 3. The first kappa shape index (κ1) is 14.8. The first-order chi connectivity index (χ1) is 11.6. The summed E-state index contributed by atoms with van der Waals surface area (Å²) in [5.74, 6) is -0.349. The zero-order chi connectivity index (χ0) is 16.7. The van der Waals surface area contributed by atoms with Crippen molar-refractivity contribution in [2.45, 2.75) is 25.9 Å². The molecule has 4 rings (SSSR count). The van der Waals surface area contributed by atoms with Crippen LogP contribution in [0.4, 0.5) is 5.69 Å². The van der Waals surface area contributed by atoms with Crippen molar-refractivity contribution >= 4 is 22.4 Å². The number of carbonyl (C=O) groups is 1. The van der Waals surface area contributed by atoms with E-state index in [2.05, 4.69) is 30.3 Å². The Morgan fingerprint density at radius 1 is 1.04 bits per heavy atom. The van der Waals surface area contributed by atoms with E-state index in [9.17, 15) is 4.79 Å². The minimum atomic E-state index is -0.349. The van der Waals surface area contributed by atoms with Gasteiger partial charge in [-0.05, 0) is 59.9 Å². The van der Waals surface area contributed by atoms with Gasteiger partial charge in [0.15, 0.2) is 0 Å². The highest BCUT2D eigenvalue weighted by Gasteiger charge is 2.20. The number of anilines is 1. The van der Waals surface area contributed by atoms with Gasteiger partial charge in [-0.25, -0.2) is 4.79 Å². The third-order valence-corrected chi connectivity index (χ3v) is 4.75. The van der Waals surface area contributed by atoms with Crippen LogP contribution in [0, 0.1) is 0 Å². The number of benzene rings is 3. The van der Waals surface area contributed by atoms with E-state index in [4.69, 9.17) is 10.5 Å². The molecular weight excluding hydrogens is 298 g/mol. The highest BCUT2D eigenvalue weighted by Crippen LogP contribution is 2.35. The molecule has 0 saturated carbocycles. The van der Waals surface area contributed by atoms with Crippen molar-refractivity contribution in [3.05, 3.63) is 76.9 Å². The molecule has 0 spiro atoms. The molecule has 3 aromatic carbocycles. The van der Waals surface area contributed by atoms with E-state index >= 15 is 0 Å². The summed E-state index contributed by atoms with van der Waals surface area (Å²) in [6, 6.07) is 17.5. The van der Waals surface area contributed by atoms with Crippen LogP contribution < -0.4 is 5.73 Å². The lowest BCUT2D eigenvalue weighted by Crippen LogP contribution is -2.10. The summed E-state index contributed by atoms with van der Waals surface area (Å²) >= 11 is 0. The lowest BCUT2D eigenvalue weighted by molar-refractivity contribution is 0.0341. The SMILES string of the molecule is CC(OC(=O)c1cccc(N)c1)c1ccc2c3c(cccc13)CC2. The van der Waals surface area contributed by atoms with Crippen molar-refractivity contribution in [3.63, 3.8) is 0 Å². The van der Waals surface area contributed by atoms with E-state index in [1.165, 1.54) is 21.9 Å². The van der Waals surface area contributed by atoms with Gasteiger partial charge in [0.25, 0.3) is 0 Å². The van der Waals surface area contributed by atoms with Gasteiger partial charge in [-0.2, -0.15) is 0 Å². The molecule has 0 aliphatic heterocycles. The van der Waals surface area contributed by atoms with Crippen LogP contribution in [0.1, 0.15) is 40.1 Å². The van der Waals surface area contributed by atoms with Crippen molar-refractivity contribution in [2.75, 3.05) is 5.73 Å². The second kappa shape index (κ2) is 5.68. The maximum Gasteiger partial charge on any atom is 0.338 e. The summed E-state index contributed by atoms with van der Waals surface area (Å²) in [7, 11) is 0. The molecule has 120 valence electrons. The number of aryl methyl sites for hydroxylation is 2. The molecule has 1 aliphatic rings. The number of ether oxygens (including phenoxy) is 1. The zero-order valence-electron chi connectivity index (χ0n) is 13.6. The average Bonchev–Trinajstić information content (AvgIpc) is 3.00. The van der Waals surface area contributed by atoms with Crippen LogP contribution in [-0.4, -0.2) is 5.97 Å². The van der Waals surface area contributed by atoms with Crippen LogP contribution in [-0.2, 0) is 17.6 Å². The molecule has 0 aromatic heterocycles. The van der Waals surface area contributed by atoms with E-state index in [1.54, 1.807) is 24.3 Å². The van der Waals surface area contributed by atoms with Crippen molar-refractivity contribution in [1.29, 1.82) is 0 Å². The molecule has 0 amide bonds. The summed E-state index contributed by atoms with van der Waals surface area (Å²) in [6.07, 6.45) is 1.87. The number of carbonyl (C=O) groups excluding carboxylic acids is 1. The molecule has 3 nitrogen and oxygen atoms in total. The molecule has 0 radical (unpaired) electrons. The Morgan fingerprint density at radius 2 is 1.79 bits per heavy atom. The molecule has 0 heterocycles. The molecule has 24 heavy (non-hydrogen) atoms. The summed E-state index contributed by atoms with van der Waals surface area (Å²) in [4.78, 5) is 12.4. The fourth-order valence-electron chi connectivity index (χ4n) is 3.58. The van der Waals surface area contributed by atoms with Gasteiger partial charge < -0.3 is 10.5 Å². The van der Waals surface area contributed by atoms with Gasteiger partial charge in [0.05, 0.1) is 5.56 Å². The Morgan fingerprint density at radius 3 is 2.58 bits per heavy atom. The standard InChI is InChI=1S/C21H19NO2/c1-13(24-21(23)16-5-2-6-17(22)12-16)18-11-10-15-9-8-14-4-3-7-19(18)20(14)15/h2-7,10-13H,8-9,22H2,1H3. The Balaban J connectivity index is 1.67. The Kier molecular flexibility index (Phi) is 3.49. The number of nitrogen functional groups attached to an aromatic ring is 1. The normalized spacial score (nSPS) is 13.9. The van der Waals surface area contributed by atoms with Crippen molar-refractivity contribution in [1.82, 2.24) is 0 Å². The summed E-state index contributed by atoms with van der Waals surface area (Å²) in [5, 5.41) is 2.53. The Hall–Kier alpha value is -2.81. The van der Waals surface area contributed by atoms with Crippen LogP contribution >= 0.6 is 0 Å². The van der Waals surface area contributed by atoms with Crippen LogP contribution in [0.25, 0.3) is 10.8 Å². The fourth-order valence-corrected chi connectivity index (χ4v) is 3.58. The Labute approximate surface area is 141 Å². The molecule has 2 N–H and O–H groups in total. The van der Waals surface area contributed by atoms with Gasteiger partial charge in [0, 0.05) is 11.3 Å². The number of nitrogens with two attached hydrogens (primary N) is 1. The molecule has 3 aromatic rings. The highest BCUT2D eigenvalue weighted by atomic mass is 16.5. The molecule has 0 fully saturated rings. The third-order valence-electron chi connectivity index (χ3n) is 4.75. The first-order valence-corrected chi connectivity index (χ1v) is 8.23. The van der Waals surface area contributed by atoms with Crippen LogP contribution in [0.15, 0.2) is 54.6 Å². The maximum absolute atomic E-state index is 12.4. The van der Waals surface area contributed by atoms with Crippen LogP contribution in [0.3, 0.4) is 0 Å². The summed E-state index contributed by atoms with van der Waals surface area (Å²) in [6.45, 7) is 1.92. The minimum absolute atomic E-state index is 0.316. The molecule has 1 aliphatic carbocycles. The van der Waals surface area contributed by atoms with Crippen molar-refractivity contribution in [2.24, 2.45) is 0 Å². The van der Waals surface area contributed by atoms with Gasteiger partial charge in [-0.1, -0.05) is 36.4 Å². The molecule has 0 bridgehead atoms. The highest BCUT2D eigenvalue weighted by molar-refractivity contribution is 5.94. The van der Waals surface area contributed by atoms with Gasteiger partial charge in [0.2, 0.25) is 0 Å². The van der Waals surface area contributed by atoms with Crippen LogP contribution in [0.5, 0.6) is 0 Å². The summed E-state index contributed by atoms with van der Waals surface area (Å²) in [5.41, 5.74) is 10.6. The monoisotopic (exact) mass is 317 g/mol. The second-order valence-electron chi connectivity index (χ2n) is 6.33. The van der Waals surface area contributed by atoms with Crippen LogP contribution in [0.2, 0.25) is 0 Å². The predicted octanol–water partition coefficient (Wildman–Crippen LogP) is 4.44. The number of esters is 1. The molecule has 3 heteroatoms. The molecular formula is C21H19NO2. The zero-order valence-corrected chi connectivity index (χ0v) is 13.6. The van der Waals surface area contributed by atoms with E-state index in [-0.39, 0.29) is 12.1 Å². The van der Waals surface area contributed by atoms with Gasteiger partial charge >= 0.3 is 5.97 Å². The lowest BCUT2D eigenvalue weighted by Gasteiger charge is -2.17. The third kappa shape index (κ3) is 2.42. The number of hydrogen-bond donors (Lipinski definition) is 1. The quantitative estimate of drug-likeness (QED) is 0.574. The fraction of sp³-hybridized carbons (Fsp3) is 0.190. The van der Waals surface area contributed by atoms with Crippen molar-refractivity contribution < 1.29 is 9.53 Å². The first-order valence-electron chi connectivity index (χ1n) is 8.23. The molecule has 1 atom stereocenters. The topological polar surface area (TPSA) is 52.3 Å². The average molecular weight is 317 g/mol. The smallest absolute Gasteiger partial charge is 0.338 e. The van der Waals surface area contributed by atoms with Gasteiger partial charge in [0.1, 0.15) is 6.10 Å². The van der Waals surface area contributed by atoms with E-state index in [0.29, 0.717) is 11.3 Å². The Bertz CT molecular complexity index is 935. The largest absolute Gasteiger partial charge is 0.454 e. The molecule has 0 saturated heterocycles. The predicted molar refractivity (Wildman–Crippen MR) is 96.0 cm³/mol. The molecule has 1 unspecified atom stereocenters. The maximum atomic E-state index is 12.4. The van der Waals surface area contributed by atoms with E-state index in [0.717, 1.165) is 18.4 Å². The minimum Gasteiger partial charge on any atom is -0.454 e. The van der Waals surface area contributed by atoms with Gasteiger partial charge in [-0.15, -0.1) is 0 Å². The van der Waals surface area contributed by atoms with E-state index in [1.807, 2.05) is 6.92 Å². The van der Waals surface area contributed by atoms with Crippen molar-refractivity contribution in [3.8, 4) is 0 Å². The second-order valence-corrected chi connectivity index (χ2v) is 6.33. The summed E-state index contributed by atoms with van der Waals surface area (Å²) < 4.78 is 5.69. The number of rotatable bonds is 3. The van der Waals surface area contributed by atoms with E-state index < -0.39 is 0 Å².